The van der Waals surface area contributed by atoms with Crippen LogP contribution in [-0.4, -0.2) is 26.6 Å². The summed E-state index contributed by atoms with van der Waals surface area (Å²) >= 11 is 1.50. The summed E-state index contributed by atoms with van der Waals surface area (Å²) in [7, 11) is -4.34. The van der Waals surface area contributed by atoms with Gasteiger partial charge in [-0.3, -0.25) is 9.10 Å². The summed E-state index contributed by atoms with van der Waals surface area (Å²) in [5, 5.41) is 2.68. The molecule has 0 radical (unpaired) electrons. The highest BCUT2D eigenvalue weighted by molar-refractivity contribution is 7.99. The van der Waals surface area contributed by atoms with E-state index in [1.165, 1.54) is 30.0 Å². The minimum absolute atomic E-state index is 0.134. The largest absolute Gasteiger partial charge is 0.416 e. The third-order valence-electron chi connectivity index (χ3n) is 4.82. The molecule has 3 aromatic carbocycles. The SMILES string of the molecule is CCSc1ccccc1NC(=O)CN(c1cccc(C(F)(F)F)c1)S(=O)(=O)c1ccc(C)cc1. The van der Waals surface area contributed by atoms with E-state index in [-0.39, 0.29) is 10.6 Å². The van der Waals surface area contributed by atoms with Crippen LogP contribution in [0.1, 0.15) is 18.1 Å². The van der Waals surface area contributed by atoms with Gasteiger partial charge in [0.15, 0.2) is 0 Å². The number of hydrogen-bond acceptors (Lipinski definition) is 4. The predicted molar refractivity (Wildman–Crippen MR) is 129 cm³/mol. The number of anilines is 2. The standard InChI is InChI=1S/C24H23F3N2O3S2/c1-3-33-22-10-5-4-9-21(22)28-23(30)16-29(19-8-6-7-18(15-19)24(25,26)27)34(31,32)20-13-11-17(2)12-14-20/h4-15H,3,16H2,1-2H3,(H,28,30). The molecule has 0 aliphatic carbocycles. The van der Waals surface area contributed by atoms with Crippen molar-refractivity contribution in [2.45, 2.75) is 29.8 Å². The van der Waals surface area contributed by atoms with Gasteiger partial charge in [-0.2, -0.15) is 13.2 Å². The second-order valence-corrected chi connectivity index (χ2v) is 10.5. The van der Waals surface area contributed by atoms with Crippen LogP contribution < -0.4 is 9.62 Å². The Bertz CT molecular complexity index is 1260. The molecule has 0 saturated carbocycles. The summed E-state index contributed by atoms with van der Waals surface area (Å²) in [6.07, 6.45) is -4.67. The van der Waals surface area contributed by atoms with Crippen LogP contribution >= 0.6 is 11.8 Å². The molecule has 3 rings (SSSR count). The maximum absolute atomic E-state index is 13.4. The number of halogens is 3. The number of carbonyl (C=O) groups excluding carboxylic acids is 1. The third kappa shape index (κ3) is 6.12. The number of carbonyl (C=O) groups is 1. The molecule has 0 atom stereocenters. The number of amides is 1. The number of nitrogens with one attached hydrogen (secondary N) is 1. The fourth-order valence-electron chi connectivity index (χ4n) is 3.16. The zero-order valence-corrected chi connectivity index (χ0v) is 20.1. The zero-order valence-electron chi connectivity index (χ0n) is 18.5. The van der Waals surface area contributed by atoms with Crippen molar-refractivity contribution in [2.24, 2.45) is 0 Å². The molecule has 34 heavy (non-hydrogen) atoms. The molecule has 0 saturated heterocycles. The summed E-state index contributed by atoms with van der Waals surface area (Å²) in [6.45, 7) is 3.02. The predicted octanol–water partition coefficient (Wildman–Crippen LogP) is 5.96. The molecule has 0 aliphatic heterocycles. The van der Waals surface area contributed by atoms with Gasteiger partial charge < -0.3 is 5.32 Å². The highest BCUT2D eigenvalue weighted by Crippen LogP contribution is 2.33. The molecule has 0 fully saturated rings. The maximum Gasteiger partial charge on any atom is 0.416 e. The van der Waals surface area contributed by atoms with E-state index in [2.05, 4.69) is 5.32 Å². The second kappa shape index (κ2) is 10.5. The van der Waals surface area contributed by atoms with Gasteiger partial charge in [-0.25, -0.2) is 8.42 Å². The smallest absolute Gasteiger partial charge is 0.323 e. The fraction of sp³-hybridized carbons (Fsp3) is 0.208. The lowest BCUT2D eigenvalue weighted by Gasteiger charge is -2.25. The molecular weight excluding hydrogens is 485 g/mol. The summed E-state index contributed by atoms with van der Waals surface area (Å²) in [4.78, 5) is 13.6. The monoisotopic (exact) mass is 508 g/mol. The quantitative estimate of drug-likeness (QED) is 0.381. The highest BCUT2D eigenvalue weighted by atomic mass is 32.2. The Labute approximate surface area is 201 Å². The van der Waals surface area contributed by atoms with Crippen LogP contribution in [0.25, 0.3) is 0 Å². The van der Waals surface area contributed by atoms with E-state index < -0.39 is 34.2 Å². The molecule has 0 aliphatic rings. The molecule has 0 spiro atoms. The van der Waals surface area contributed by atoms with E-state index in [9.17, 15) is 26.4 Å². The zero-order chi connectivity index (χ0) is 24.9. The van der Waals surface area contributed by atoms with Gasteiger partial charge in [0.25, 0.3) is 10.0 Å². The van der Waals surface area contributed by atoms with Gasteiger partial charge in [0.05, 0.1) is 21.8 Å². The van der Waals surface area contributed by atoms with Crippen molar-refractivity contribution in [1.82, 2.24) is 0 Å². The molecule has 0 bridgehead atoms. The number of thioether (sulfide) groups is 1. The number of aryl methyl sites for hydroxylation is 1. The Morgan fingerprint density at radius 2 is 1.68 bits per heavy atom. The molecular formula is C24H23F3N2O3S2. The lowest BCUT2D eigenvalue weighted by Crippen LogP contribution is -2.38. The van der Waals surface area contributed by atoms with Crippen molar-refractivity contribution in [3.8, 4) is 0 Å². The lowest BCUT2D eigenvalue weighted by atomic mass is 10.2. The van der Waals surface area contributed by atoms with Crippen molar-refractivity contribution in [1.29, 1.82) is 0 Å². The third-order valence-corrected chi connectivity index (χ3v) is 7.56. The molecule has 1 N–H and O–H groups in total. The average Bonchev–Trinajstić information content (AvgIpc) is 2.79. The average molecular weight is 509 g/mol. The van der Waals surface area contributed by atoms with Crippen LogP contribution in [0.3, 0.4) is 0 Å². The van der Waals surface area contributed by atoms with Crippen LogP contribution in [0.4, 0.5) is 24.5 Å². The number of para-hydroxylation sites is 1. The first kappa shape index (κ1) is 25.6. The number of benzene rings is 3. The van der Waals surface area contributed by atoms with E-state index in [4.69, 9.17) is 0 Å². The van der Waals surface area contributed by atoms with Crippen molar-refractivity contribution in [3.05, 3.63) is 83.9 Å². The van der Waals surface area contributed by atoms with E-state index in [1.807, 2.05) is 19.1 Å². The second-order valence-electron chi connectivity index (χ2n) is 7.35. The first-order valence-corrected chi connectivity index (χ1v) is 12.7. The van der Waals surface area contributed by atoms with Gasteiger partial charge in [0, 0.05) is 4.90 Å². The summed E-state index contributed by atoms with van der Waals surface area (Å²) in [5.74, 6) is 0.0719. The number of alkyl halides is 3. The van der Waals surface area contributed by atoms with Gasteiger partial charge in [0.2, 0.25) is 5.91 Å². The van der Waals surface area contributed by atoms with Crippen LogP contribution in [0.15, 0.2) is 82.6 Å². The van der Waals surface area contributed by atoms with Crippen molar-refractivity contribution in [2.75, 3.05) is 21.9 Å². The molecule has 0 unspecified atom stereocenters. The fourth-order valence-corrected chi connectivity index (χ4v) is 5.33. The van der Waals surface area contributed by atoms with Crippen LogP contribution in [0, 0.1) is 6.92 Å². The first-order chi connectivity index (χ1) is 16.0. The Morgan fingerprint density at radius 3 is 2.32 bits per heavy atom. The molecule has 1 amide bonds. The van der Waals surface area contributed by atoms with Gasteiger partial charge >= 0.3 is 6.18 Å². The maximum atomic E-state index is 13.4. The number of sulfonamides is 1. The van der Waals surface area contributed by atoms with Gasteiger partial charge in [-0.1, -0.05) is 42.8 Å². The van der Waals surface area contributed by atoms with E-state index in [1.54, 1.807) is 31.2 Å². The van der Waals surface area contributed by atoms with Crippen molar-refractivity contribution < 1.29 is 26.4 Å². The van der Waals surface area contributed by atoms with Crippen LogP contribution in [-0.2, 0) is 21.0 Å². The molecule has 3 aromatic rings. The number of nitrogens with zero attached hydrogens (tertiary/aromatic N) is 1. The van der Waals surface area contributed by atoms with Gasteiger partial charge in [-0.15, -0.1) is 11.8 Å². The molecule has 10 heteroatoms. The number of hydrogen-bond donors (Lipinski definition) is 1. The Morgan fingerprint density at radius 1 is 1.00 bits per heavy atom. The van der Waals surface area contributed by atoms with Crippen molar-refractivity contribution >= 4 is 39.1 Å². The van der Waals surface area contributed by atoms with E-state index in [0.717, 1.165) is 34.4 Å². The van der Waals surface area contributed by atoms with Gasteiger partial charge in [0.1, 0.15) is 6.54 Å². The number of rotatable bonds is 8. The molecule has 0 aromatic heterocycles. The molecule has 180 valence electrons. The summed E-state index contributed by atoms with van der Waals surface area (Å²) in [6, 6.07) is 16.8. The topological polar surface area (TPSA) is 66.5 Å². The Kier molecular flexibility index (Phi) is 7.93. The summed E-state index contributed by atoms with van der Waals surface area (Å²) < 4.78 is 67.5. The minimum Gasteiger partial charge on any atom is -0.323 e. The normalized spacial score (nSPS) is 11.8. The summed E-state index contributed by atoms with van der Waals surface area (Å²) in [5.41, 5.74) is 0.0318. The molecule has 5 nitrogen and oxygen atoms in total. The minimum atomic E-state index is -4.67. The highest BCUT2D eigenvalue weighted by Gasteiger charge is 2.33. The lowest BCUT2D eigenvalue weighted by molar-refractivity contribution is -0.137. The first-order valence-electron chi connectivity index (χ1n) is 10.3. The Balaban J connectivity index is 2.01. The van der Waals surface area contributed by atoms with Crippen molar-refractivity contribution in [3.63, 3.8) is 0 Å². The van der Waals surface area contributed by atoms with Crippen LogP contribution in [0.5, 0.6) is 0 Å². The Hall–Kier alpha value is -2.98. The van der Waals surface area contributed by atoms with E-state index >= 15 is 0 Å². The van der Waals surface area contributed by atoms with E-state index in [0.29, 0.717) is 9.99 Å². The van der Waals surface area contributed by atoms with Gasteiger partial charge in [-0.05, 0) is 55.1 Å². The van der Waals surface area contributed by atoms with Crippen LogP contribution in [0.2, 0.25) is 0 Å². The molecule has 0 heterocycles.